The highest BCUT2D eigenvalue weighted by Gasteiger charge is 2.23. The van der Waals surface area contributed by atoms with E-state index < -0.39 is 15.6 Å². The van der Waals surface area contributed by atoms with E-state index >= 15 is 0 Å². The molecule has 2 heterocycles. The van der Waals surface area contributed by atoms with E-state index in [1.54, 1.807) is 12.1 Å². The average Bonchev–Trinajstić information content (AvgIpc) is 3.41. The van der Waals surface area contributed by atoms with Gasteiger partial charge in [0.25, 0.3) is 0 Å². The molecule has 1 saturated heterocycles. The summed E-state index contributed by atoms with van der Waals surface area (Å²) in [7, 11) is -9.28. The number of phosphoric acid groups is 2. The summed E-state index contributed by atoms with van der Waals surface area (Å²) in [5.74, 6) is 0.455. The van der Waals surface area contributed by atoms with E-state index in [2.05, 4.69) is 51.6 Å². The van der Waals surface area contributed by atoms with Crippen molar-refractivity contribution in [2.24, 2.45) is 0 Å². The molecule has 0 saturated carbocycles. The van der Waals surface area contributed by atoms with Crippen LogP contribution in [0.2, 0.25) is 0 Å². The van der Waals surface area contributed by atoms with Crippen LogP contribution >= 0.6 is 15.6 Å². The Balaban J connectivity index is 0.000000482. The van der Waals surface area contributed by atoms with Crippen molar-refractivity contribution in [2.45, 2.75) is 19.0 Å². The largest absolute Gasteiger partial charge is 0.490 e. The van der Waals surface area contributed by atoms with E-state index in [4.69, 9.17) is 48.0 Å². The quantitative estimate of drug-likeness (QED) is 0.0777. The highest BCUT2D eigenvalue weighted by atomic mass is 31.2. The number of pyridine rings is 1. The number of esters is 1. The molecule has 1 fully saturated rings. The molecule has 16 heteroatoms. The van der Waals surface area contributed by atoms with Crippen molar-refractivity contribution < 1.29 is 52.8 Å². The van der Waals surface area contributed by atoms with Crippen molar-refractivity contribution in [3.05, 3.63) is 102 Å². The fourth-order valence-electron chi connectivity index (χ4n) is 4.51. The van der Waals surface area contributed by atoms with Gasteiger partial charge < -0.3 is 44.2 Å². The van der Waals surface area contributed by atoms with Gasteiger partial charge in [-0.2, -0.15) is 0 Å². The molecule has 0 amide bonds. The molecule has 0 unspecified atom stereocenters. The number of hydrogen-bond donors (Lipinski definition) is 7. The minimum atomic E-state index is -4.64. The zero-order valence-electron chi connectivity index (χ0n) is 24.0. The summed E-state index contributed by atoms with van der Waals surface area (Å²) < 4.78 is 28.9. The predicted molar refractivity (Wildman–Crippen MR) is 166 cm³/mol. The van der Waals surface area contributed by atoms with Crippen LogP contribution in [0, 0.1) is 0 Å². The molecule has 45 heavy (non-hydrogen) atoms. The molecule has 14 nitrogen and oxygen atoms in total. The Hall–Kier alpha value is -3.68. The number of hydrogen-bond acceptors (Lipinski definition) is 8. The summed E-state index contributed by atoms with van der Waals surface area (Å²) in [6, 6.07) is 25.9. The highest BCUT2D eigenvalue weighted by molar-refractivity contribution is 7.45. The molecule has 5 rings (SSSR count). The van der Waals surface area contributed by atoms with Gasteiger partial charge in [-0.3, -0.25) is 9.88 Å². The molecule has 3 aromatic carbocycles. The van der Waals surface area contributed by atoms with Crippen molar-refractivity contribution in [1.82, 2.24) is 9.88 Å². The van der Waals surface area contributed by atoms with E-state index in [-0.39, 0.29) is 12.6 Å². The van der Waals surface area contributed by atoms with Gasteiger partial charge in [-0.15, -0.1) is 0 Å². The number of likely N-dealkylation sites (tertiary alicyclic amines) is 1. The monoisotopic (exact) mass is 663 g/mol. The number of aromatic nitrogens is 1. The first-order valence-corrected chi connectivity index (χ1v) is 16.7. The van der Waals surface area contributed by atoms with Crippen molar-refractivity contribution in [1.29, 1.82) is 0 Å². The molecule has 1 aromatic heterocycles. The van der Waals surface area contributed by atoms with Crippen LogP contribution in [-0.2, 0) is 20.4 Å². The van der Waals surface area contributed by atoms with Gasteiger partial charge in [-0.1, -0.05) is 42.5 Å². The Morgan fingerprint density at radius 3 is 2.29 bits per heavy atom. The second-order valence-corrected chi connectivity index (χ2v) is 11.8. The Kier molecular flexibility index (Phi) is 13.6. The normalized spacial score (nSPS) is 14.8. The lowest BCUT2D eigenvalue weighted by Crippen LogP contribution is -2.26. The molecule has 0 spiro atoms. The number of anilines is 1. The third-order valence-corrected chi connectivity index (χ3v) is 6.21. The van der Waals surface area contributed by atoms with Crippen LogP contribution in [0.3, 0.4) is 0 Å². The number of fused-ring (bicyclic) bond motifs is 1. The van der Waals surface area contributed by atoms with Crippen LogP contribution in [-0.4, -0.2) is 77.6 Å². The molecule has 0 aliphatic carbocycles. The first-order chi connectivity index (χ1) is 21.2. The average molecular weight is 664 g/mol. The second kappa shape index (κ2) is 17.1. The second-order valence-electron chi connectivity index (χ2n) is 9.79. The molecule has 1 aliphatic heterocycles. The van der Waals surface area contributed by atoms with Gasteiger partial charge in [-0.25, -0.2) is 13.9 Å². The minimum absolute atomic E-state index is 0.210. The zero-order valence-corrected chi connectivity index (χ0v) is 25.8. The van der Waals surface area contributed by atoms with E-state index in [1.165, 1.54) is 16.6 Å². The summed E-state index contributed by atoms with van der Waals surface area (Å²) in [6.45, 7) is 3.43. The maximum absolute atomic E-state index is 12.0. The van der Waals surface area contributed by atoms with Crippen molar-refractivity contribution in [3.63, 3.8) is 0 Å². The number of carbonyl (C=O) groups excluding carboxylic acids is 1. The molecule has 0 radical (unpaired) electrons. The Morgan fingerprint density at radius 2 is 1.58 bits per heavy atom. The summed E-state index contributed by atoms with van der Waals surface area (Å²) in [5.41, 5.74) is 2.92. The summed E-state index contributed by atoms with van der Waals surface area (Å²) >= 11 is 0. The van der Waals surface area contributed by atoms with Crippen LogP contribution in [0.25, 0.3) is 10.8 Å². The number of benzene rings is 3. The molecular formula is C29H35N3O11P2. The standard InChI is InChI=1S/C29H29N3O3.2H3O4P/c33-29(23-7-2-1-3-8-23)35-17-16-34-26-10-4-6-22(18-26)20-32-15-13-25(21-32)31-28-11-5-9-24-19-30-14-12-27(24)28;2*1-5(2,3)4/h1-12,14,18-19,25,31H,13,15-17,20-21H2;2*(H3,1,2,3,4)/t25-;;/m1../s1. The van der Waals surface area contributed by atoms with E-state index in [1.807, 2.05) is 42.7 Å². The number of ether oxygens (including phenoxy) is 2. The van der Waals surface area contributed by atoms with Crippen molar-refractivity contribution in [3.8, 4) is 5.75 Å². The first-order valence-electron chi connectivity index (χ1n) is 13.6. The predicted octanol–water partition coefficient (Wildman–Crippen LogP) is 3.30. The van der Waals surface area contributed by atoms with E-state index in [9.17, 15) is 4.79 Å². The van der Waals surface area contributed by atoms with Gasteiger partial charge in [0.15, 0.2) is 0 Å². The lowest BCUT2D eigenvalue weighted by atomic mass is 10.1. The van der Waals surface area contributed by atoms with Gasteiger partial charge in [0.05, 0.1) is 5.56 Å². The van der Waals surface area contributed by atoms with Gasteiger partial charge in [0, 0.05) is 54.5 Å². The molecule has 0 bridgehead atoms. The SMILES string of the molecule is O=C(OCCOc1cccc(CN2CC[C@@H](Nc3cccc4cnccc34)C2)c1)c1ccccc1.O=P(O)(O)O.O=P(O)(O)O. The zero-order chi connectivity index (χ0) is 32.9. The Bertz CT molecular complexity index is 1570. The van der Waals surface area contributed by atoms with E-state index in [0.717, 1.165) is 37.2 Å². The lowest BCUT2D eigenvalue weighted by Gasteiger charge is -2.19. The smallest absolute Gasteiger partial charge is 0.466 e. The van der Waals surface area contributed by atoms with Crippen LogP contribution in [0.4, 0.5) is 5.69 Å². The van der Waals surface area contributed by atoms with Crippen LogP contribution in [0.15, 0.2) is 91.3 Å². The maximum atomic E-state index is 12.0. The Labute approximate surface area is 259 Å². The number of rotatable bonds is 9. The third-order valence-electron chi connectivity index (χ3n) is 6.21. The molecular weight excluding hydrogens is 628 g/mol. The molecule has 7 N–H and O–H groups in total. The molecule has 1 aliphatic rings. The maximum Gasteiger partial charge on any atom is 0.466 e. The summed E-state index contributed by atoms with van der Waals surface area (Å²) in [5, 5.41) is 6.09. The van der Waals surface area contributed by atoms with E-state index in [0.29, 0.717) is 18.2 Å². The fraction of sp³-hybridized carbons (Fsp3) is 0.241. The Morgan fingerprint density at radius 1 is 0.889 bits per heavy atom. The minimum Gasteiger partial charge on any atom is -0.490 e. The van der Waals surface area contributed by atoms with Crippen LogP contribution in [0.1, 0.15) is 22.3 Å². The van der Waals surface area contributed by atoms with Crippen LogP contribution in [0.5, 0.6) is 5.75 Å². The van der Waals surface area contributed by atoms with Gasteiger partial charge >= 0.3 is 21.6 Å². The number of carbonyl (C=O) groups is 1. The van der Waals surface area contributed by atoms with Gasteiger partial charge in [0.2, 0.25) is 0 Å². The third kappa shape index (κ3) is 14.8. The molecule has 1 atom stereocenters. The molecule has 242 valence electrons. The highest BCUT2D eigenvalue weighted by Crippen LogP contribution is 2.27. The number of nitrogens with one attached hydrogen (secondary N) is 1. The lowest BCUT2D eigenvalue weighted by molar-refractivity contribution is 0.0450. The van der Waals surface area contributed by atoms with Crippen molar-refractivity contribution in [2.75, 3.05) is 31.6 Å². The first kappa shape index (κ1) is 35.8. The summed E-state index contributed by atoms with van der Waals surface area (Å²) in [4.78, 5) is 61.8. The number of nitrogens with zero attached hydrogens (tertiary/aromatic N) is 2. The van der Waals surface area contributed by atoms with Crippen molar-refractivity contribution >= 4 is 38.1 Å². The fourth-order valence-corrected chi connectivity index (χ4v) is 4.51. The van der Waals surface area contributed by atoms with Gasteiger partial charge in [0.1, 0.15) is 19.0 Å². The summed E-state index contributed by atoms with van der Waals surface area (Å²) in [6.07, 6.45) is 4.85. The van der Waals surface area contributed by atoms with Gasteiger partial charge in [-0.05, 0) is 48.4 Å². The molecule has 4 aromatic rings. The van der Waals surface area contributed by atoms with Crippen LogP contribution < -0.4 is 10.1 Å². The topological polar surface area (TPSA) is 219 Å².